The normalized spacial score (nSPS) is 14.4. The van der Waals surface area contributed by atoms with Crippen molar-refractivity contribution in [3.05, 3.63) is 0 Å². The van der Waals surface area contributed by atoms with Gasteiger partial charge < -0.3 is 5.11 Å². The molecule has 86 valence electrons. The number of aliphatic hydroxyl groups is 1. The minimum absolute atomic E-state index is 0.151. The van der Waals surface area contributed by atoms with Crippen LogP contribution in [-0.2, 0) is 0 Å². The second-order valence-electron chi connectivity index (χ2n) is 4.14. The van der Waals surface area contributed by atoms with Gasteiger partial charge in [0.05, 0.1) is 19.6 Å². The number of hydrogen-bond acceptors (Lipinski definition) is 1. The molecule has 0 aliphatic carbocycles. The summed E-state index contributed by atoms with van der Waals surface area (Å²) in [5.41, 5.74) is 0. The molecule has 0 aliphatic rings. The molecule has 0 aromatic heterocycles. The van der Waals surface area contributed by atoms with Crippen LogP contribution in [-0.4, -0.2) is 35.5 Å². The summed E-state index contributed by atoms with van der Waals surface area (Å²) >= 11 is 0. The van der Waals surface area contributed by atoms with E-state index in [2.05, 4.69) is 27.7 Å². The van der Waals surface area contributed by atoms with Crippen LogP contribution in [0.5, 0.6) is 0 Å². The highest BCUT2D eigenvalue weighted by molar-refractivity contribution is 4.48. The second kappa shape index (κ2) is 7.24. The lowest BCUT2D eigenvalue weighted by atomic mass is 10.1. The largest absolute Gasteiger partial charge is 0.345 e. The molecule has 0 rings (SSSR count). The van der Waals surface area contributed by atoms with Crippen LogP contribution in [0.4, 0.5) is 0 Å². The van der Waals surface area contributed by atoms with Gasteiger partial charge in [-0.1, -0.05) is 19.8 Å². The molecule has 0 aliphatic heterocycles. The van der Waals surface area contributed by atoms with Gasteiger partial charge in [0, 0.05) is 6.42 Å². The zero-order chi connectivity index (χ0) is 11.0. The van der Waals surface area contributed by atoms with E-state index in [-0.39, 0.29) is 6.23 Å². The fraction of sp³-hybridized carbons (Fsp3) is 1.00. The van der Waals surface area contributed by atoms with E-state index >= 15 is 0 Å². The van der Waals surface area contributed by atoms with Crippen LogP contribution >= 0.6 is 0 Å². The topological polar surface area (TPSA) is 20.2 Å². The van der Waals surface area contributed by atoms with Crippen molar-refractivity contribution in [1.82, 2.24) is 0 Å². The Bertz CT molecular complexity index is 124. The average molecular weight is 202 g/mol. The van der Waals surface area contributed by atoms with Crippen LogP contribution in [0.3, 0.4) is 0 Å². The number of rotatable bonds is 8. The number of unbranched alkanes of at least 4 members (excludes halogenated alkanes) is 2. The molecule has 0 bridgehead atoms. The Morgan fingerprint density at radius 3 is 1.79 bits per heavy atom. The minimum Gasteiger partial charge on any atom is -0.345 e. The van der Waals surface area contributed by atoms with Gasteiger partial charge in [0.1, 0.15) is 0 Å². The minimum atomic E-state index is -0.151. The van der Waals surface area contributed by atoms with Crippen molar-refractivity contribution in [3.8, 4) is 0 Å². The Morgan fingerprint density at radius 2 is 1.43 bits per heavy atom. The molecule has 0 fully saturated rings. The van der Waals surface area contributed by atoms with E-state index in [0.717, 1.165) is 37.0 Å². The number of aliphatic hydroxyl groups excluding tert-OH is 1. The van der Waals surface area contributed by atoms with Crippen LogP contribution in [0.15, 0.2) is 0 Å². The molecular formula is C12H28NO+. The van der Waals surface area contributed by atoms with Crippen LogP contribution in [0.1, 0.15) is 53.4 Å². The monoisotopic (exact) mass is 202 g/mol. The quantitative estimate of drug-likeness (QED) is 0.364. The fourth-order valence-corrected chi connectivity index (χ4v) is 2.15. The summed E-state index contributed by atoms with van der Waals surface area (Å²) in [6.45, 7) is 11.9. The maximum Gasteiger partial charge on any atom is 0.190 e. The van der Waals surface area contributed by atoms with Gasteiger partial charge in [-0.3, -0.25) is 4.48 Å². The molecule has 2 nitrogen and oxygen atoms in total. The molecule has 0 spiro atoms. The molecule has 0 heterocycles. The van der Waals surface area contributed by atoms with E-state index < -0.39 is 0 Å². The lowest BCUT2D eigenvalue weighted by Crippen LogP contribution is -2.55. The van der Waals surface area contributed by atoms with Crippen molar-refractivity contribution < 1.29 is 9.59 Å². The van der Waals surface area contributed by atoms with Gasteiger partial charge >= 0.3 is 0 Å². The van der Waals surface area contributed by atoms with E-state index in [1.54, 1.807) is 0 Å². The zero-order valence-electron chi connectivity index (χ0n) is 10.4. The van der Waals surface area contributed by atoms with Gasteiger partial charge in [-0.15, -0.1) is 0 Å². The molecule has 1 unspecified atom stereocenters. The van der Waals surface area contributed by atoms with Crippen molar-refractivity contribution >= 4 is 0 Å². The summed E-state index contributed by atoms with van der Waals surface area (Å²) in [5.74, 6) is 0. The van der Waals surface area contributed by atoms with E-state index in [1.807, 2.05) is 0 Å². The Kier molecular flexibility index (Phi) is 7.20. The summed E-state index contributed by atoms with van der Waals surface area (Å²) in [6.07, 6.45) is 4.45. The van der Waals surface area contributed by atoms with Gasteiger partial charge in [0.25, 0.3) is 0 Å². The smallest absolute Gasteiger partial charge is 0.190 e. The lowest BCUT2D eigenvalue weighted by Gasteiger charge is -2.40. The first kappa shape index (κ1) is 13.9. The molecular weight excluding hydrogens is 174 g/mol. The molecule has 1 atom stereocenters. The highest BCUT2D eigenvalue weighted by Crippen LogP contribution is 2.16. The molecule has 0 saturated carbocycles. The van der Waals surface area contributed by atoms with Gasteiger partial charge in [0.15, 0.2) is 6.23 Å². The predicted octanol–water partition coefficient (Wildman–Crippen LogP) is 2.76. The van der Waals surface area contributed by atoms with Crippen molar-refractivity contribution in [2.24, 2.45) is 0 Å². The molecule has 0 aromatic carbocycles. The maximum absolute atomic E-state index is 10.2. The van der Waals surface area contributed by atoms with Crippen molar-refractivity contribution in [3.63, 3.8) is 0 Å². The number of nitrogens with zero attached hydrogens (tertiary/aromatic N) is 1. The predicted molar refractivity (Wildman–Crippen MR) is 62.0 cm³/mol. The molecule has 1 N–H and O–H groups in total. The third-order valence-corrected chi connectivity index (χ3v) is 3.59. The fourth-order valence-electron chi connectivity index (χ4n) is 2.15. The third-order valence-electron chi connectivity index (χ3n) is 3.59. The van der Waals surface area contributed by atoms with E-state index in [1.165, 1.54) is 12.8 Å². The maximum atomic E-state index is 10.2. The van der Waals surface area contributed by atoms with Gasteiger partial charge in [-0.25, -0.2) is 0 Å². The molecule has 0 amide bonds. The van der Waals surface area contributed by atoms with Crippen molar-refractivity contribution in [2.75, 3.05) is 19.6 Å². The Labute approximate surface area is 89.5 Å². The second-order valence-corrected chi connectivity index (χ2v) is 4.14. The molecule has 14 heavy (non-hydrogen) atoms. The van der Waals surface area contributed by atoms with Crippen LogP contribution in [0.25, 0.3) is 0 Å². The standard InChI is InChI=1S/C12H28NO/c1-5-9-10-11-12(14)13(6-2,7-3)8-4/h12,14H,5-11H2,1-4H3/q+1. The first-order valence-electron chi connectivity index (χ1n) is 6.20. The molecule has 0 radical (unpaired) electrons. The van der Waals surface area contributed by atoms with Crippen LogP contribution in [0.2, 0.25) is 0 Å². The van der Waals surface area contributed by atoms with E-state index in [0.29, 0.717) is 0 Å². The molecule has 0 aromatic rings. The van der Waals surface area contributed by atoms with Crippen molar-refractivity contribution in [1.29, 1.82) is 0 Å². The van der Waals surface area contributed by atoms with Gasteiger partial charge in [-0.2, -0.15) is 0 Å². The summed E-state index contributed by atoms with van der Waals surface area (Å²) in [7, 11) is 0. The first-order valence-corrected chi connectivity index (χ1v) is 6.20. The third kappa shape index (κ3) is 3.58. The first-order chi connectivity index (χ1) is 6.66. The number of quaternary nitrogens is 1. The van der Waals surface area contributed by atoms with E-state index in [9.17, 15) is 5.11 Å². The van der Waals surface area contributed by atoms with E-state index in [4.69, 9.17) is 0 Å². The van der Waals surface area contributed by atoms with Gasteiger partial charge in [0.2, 0.25) is 0 Å². The van der Waals surface area contributed by atoms with Crippen LogP contribution < -0.4 is 0 Å². The van der Waals surface area contributed by atoms with Crippen LogP contribution in [0, 0.1) is 0 Å². The SMILES string of the molecule is CCCCCC(O)[N+](CC)(CC)CC. The lowest BCUT2D eigenvalue weighted by molar-refractivity contribution is -0.967. The highest BCUT2D eigenvalue weighted by atomic mass is 16.3. The summed E-state index contributed by atoms with van der Waals surface area (Å²) in [6, 6.07) is 0. The average Bonchev–Trinajstić information content (AvgIpc) is 2.22. The Balaban J connectivity index is 4.07. The Morgan fingerprint density at radius 1 is 0.929 bits per heavy atom. The number of hydrogen-bond donors (Lipinski definition) is 1. The van der Waals surface area contributed by atoms with Crippen molar-refractivity contribution in [2.45, 2.75) is 59.6 Å². The zero-order valence-corrected chi connectivity index (χ0v) is 10.4. The summed E-state index contributed by atoms with van der Waals surface area (Å²) < 4.78 is 0.865. The van der Waals surface area contributed by atoms with Gasteiger partial charge in [-0.05, 0) is 27.2 Å². The Hall–Kier alpha value is -0.0800. The molecule has 0 saturated heterocycles. The highest BCUT2D eigenvalue weighted by Gasteiger charge is 2.29. The molecule has 2 heteroatoms. The summed E-state index contributed by atoms with van der Waals surface area (Å²) in [4.78, 5) is 0. The summed E-state index contributed by atoms with van der Waals surface area (Å²) in [5, 5.41) is 10.2.